The van der Waals surface area contributed by atoms with Crippen molar-refractivity contribution < 1.29 is 14.6 Å². The summed E-state index contributed by atoms with van der Waals surface area (Å²) in [4.78, 5) is 14.3. The number of piperidine rings is 1. The second-order valence-electron chi connectivity index (χ2n) is 6.32. The molecule has 0 saturated carbocycles. The zero-order valence-electron chi connectivity index (χ0n) is 13.4. The van der Waals surface area contributed by atoms with Crippen LogP contribution in [0, 0.1) is 5.92 Å². The fourth-order valence-electron chi connectivity index (χ4n) is 3.16. The number of amides is 1. The summed E-state index contributed by atoms with van der Waals surface area (Å²) in [7, 11) is 0. The van der Waals surface area contributed by atoms with Gasteiger partial charge in [0.2, 0.25) is 0 Å². The molecule has 2 aromatic carbocycles. The first-order valence-corrected chi connectivity index (χ1v) is 8.19. The lowest BCUT2D eigenvalue weighted by atomic mass is 9.94. The highest BCUT2D eigenvalue weighted by atomic mass is 16.5. The van der Waals surface area contributed by atoms with Gasteiger partial charge >= 0.3 is 0 Å². The lowest BCUT2D eigenvalue weighted by molar-refractivity contribution is -0.138. The molecule has 0 spiro atoms. The minimum atomic E-state index is -0.0104. The number of carbonyl (C=O) groups is 1. The number of hydrogen-bond acceptors (Lipinski definition) is 3. The van der Waals surface area contributed by atoms with E-state index in [-0.39, 0.29) is 31.1 Å². The average Bonchev–Trinajstić information content (AvgIpc) is 2.60. The fourth-order valence-corrected chi connectivity index (χ4v) is 3.16. The molecular formula is C19H23NO3. The Bertz CT molecular complexity index is 685. The summed E-state index contributed by atoms with van der Waals surface area (Å²) in [6, 6.07) is 14.1. The van der Waals surface area contributed by atoms with Gasteiger partial charge in [-0.15, -0.1) is 0 Å². The minimum absolute atomic E-state index is 0.0104. The van der Waals surface area contributed by atoms with Gasteiger partial charge in [-0.2, -0.15) is 0 Å². The highest BCUT2D eigenvalue weighted by Crippen LogP contribution is 2.23. The lowest BCUT2D eigenvalue weighted by Gasteiger charge is -2.37. The molecule has 122 valence electrons. The van der Waals surface area contributed by atoms with E-state index in [9.17, 15) is 9.90 Å². The van der Waals surface area contributed by atoms with E-state index in [1.807, 2.05) is 41.3 Å². The van der Waals surface area contributed by atoms with Gasteiger partial charge in [0.1, 0.15) is 5.75 Å². The molecule has 1 fully saturated rings. The third-order valence-corrected chi connectivity index (χ3v) is 4.64. The van der Waals surface area contributed by atoms with Crippen molar-refractivity contribution in [1.82, 2.24) is 4.90 Å². The lowest BCUT2D eigenvalue weighted by Crippen LogP contribution is -2.48. The van der Waals surface area contributed by atoms with Gasteiger partial charge in [-0.1, -0.05) is 30.3 Å². The quantitative estimate of drug-likeness (QED) is 0.944. The monoisotopic (exact) mass is 313 g/mol. The molecule has 1 aliphatic heterocycles. The molecule has 1 amide bonds. The summed E-state index contributed by atoms with van der Waals surface area (Å²) < 4.78 is 5.69. The molecule has 2 unspecified atom stereocenters. The molecular weight excluding hydrogens is 290 g/mol. The maximum Gasteiger partial charge on any atom is 0.260 e. The summed E-state index contributed by atoms with van der Waals surface area (Å²) in [5.74, 6) is 0.889. The Kier molecular flexibility index (Phi) is 4.82. The Morgan fingerprint density at radius 3 is 2.78 bits per heavy atom. The van der Waals surface area contributed by atoms with Gasteiger partial charge < -0.3 is 14.7 Å². The third kappa shape index (κ3) is 3.64. The molecule has 1 N–H and O–H groups in total. The standard InChI is InChI=1S/C19H23NO3/c1-14-6-7-15(12-21)11-20(14)19(22)13-23-18-9-8-16-4-2-3-5-17(16)10-18/h2-5,8-10,14-15,21H,6-7,11-13H2,1H3. The van der Waals surface area contributed by atoms with Crippen LogP contribution in [-0.4, -0.2) is 41.7 Å². The third-order valence-electron chi connectivity index (χ3n) is 4.64. The van der Waals surface area contributed by atoms with Crippen molar-refractivity contribution in [2.24, 2.45) is 5.92 Å². The van der Waals surface area contributed by atoms with Crippen molar-refractivity contribution in [3.63, 3.8) is 0 Å². The van der Waals surface area contributed by atoms with Crippen molar-refractivity contribution >= 4 is 16.7 Å². The first kappa shape index (κ1) is 15.8. The van der Waals surface area contributed by atoms with Gasteiger partial charge in [0.25, 0.3) is 5.91 Å². The SMILES string of the molecule is CC1CCC(CO)CN1C(=O)COc1ccc2ccccc2c1. The summed E-state index contributed by atoms with van der Waals surface area (Å²) in [5.41, 5.74) is 0. The summed E-state index contributed by atoms with van der Waals surface area (Å²) in [6.45, 7) is 2.86. The van der Waals surface area contributed by atoms with Crippen molar-refractivity contribution in [3.05, 3.63) is 42.5 Å². The first-order chi connectivity index (χ1) is 11.2. The Morgan fingerprint density at radius 1 is 1.22 bits per heavy atom. The molecule has 23 heavy (non-hydrogen) atoms. The molecule has 1 saturated heterocycles. The Balaban J connectivity index is 1.63. The zero-order chi connectivity index (χ0) is 16.2. The molecule has 1 heterocycles. The normalized spacial score (nSPS) is 21.4. The molecule has 0 radical (unpaired) electrons. The molecule has 3 rings (SSSR count). The largest absolute Gasteiger partial charge is 0.484 e. The van der Waals surface area contributed by atoms with Gasteiger partial charge in [-0.05, 0) is 48.6 Å². The topological polar surface area (TPSA) is 49.8 Å². The molecule has 4 heteroatoms. The van der Waals surface area contributed by atoms with Gasteiger partial charge in [-0.3, -0.25) is 4.79 Å². The number of rotatable bonds is 4. The first-order valence-electron chi connectivity index (χ1n) is 8.19. The maximum absolute atomic E-state index is 12.4. The average molecular weight is 313 g/mol. The number of ether oxygens (including phenoxy) is 1. The van der Waals surface area contributed by atoms with Crippen molar-refractivity contribution in [2.45, 2.75) is 25.8 Å². The van der Waals surface area contributed by atoms with E-state index in [1.54, 1.807) is 0 Å². The second kappa shape index (κ2) is 7.01. The van der Waals surface area contributed by atoms with E-state index >= 15 is 0 Å². The van der Waals surface area contributed by atoms with Crippen LogP contribution in [-0.2, 0) is 4.79 Å². The highest BCUT2D eigenvalue weighted by Gasteiger charge is 2.28. The van der Waals surface area contributed by atoms with Crippen LogP contribution in [0.1, 0.15) is 19.8 Å². The van der Waals surface area contributed by atoms with Crippen LogP contribution in [0.4, 0.5) is 0 Å². The van der Waals surface area contributed by atoms with Gasteiger partial charge in [-0.25, -0.2) is 0 Å². The molecule has 2 aromatic rings. The molecule has 0 aromatic heterocycles. The van der Waals surface area contributed by atoms with Crippen LogP contribution in [0.2, 0.25) is 0 Å². The molecule has 4 nitrogen and oxygen atoms in total. The number of benzene rings is 2. The zero-order valence-corrected chi connectivity index (χ0v) is 13.4. The van der Waals surface area contributed by atoms with Crippen LogP contribution in [0.25, 0.3) is 10.8 Å². The number of carbonyl (C=O) groups excluding carboxylic acids is 1. The summed E-state index contributed by atoms with van der Waals surface area (Å²) >= 11 is 0. The van der Waals surface area contributed by atoms with Crippen molar-refractivity contribution in [2.75, 3.05) is 19.8 Å². The van der Waals surface area contributed by atoms with E-state index in [1.165, 1.54) is 0 Å². The van der Waals surface area contributed by atoms with E-state index < -0.39 is 0 Å². The van der Waals surface area contributed by atoms with Gasteiger partial charge in [0, 0.05) is 19.2 Å². The molecule has 1 aliphatic rings. The fraction of sp³-hybridized carbons (Fsp3) is 0.421. The number of nitrogens with zero attached hydrogens (tertiary/aromatic N) is 1. The number of hydrogen-bond donors (Lipinski definition) is 1. The van der Waals surface area contributed by atoms with E-state index in [4.69, 9.17) is 4.74 Å². The predicted octanol–water partition coefficient (Wildman–Crippen LogP) is 2.84. The van der Waals surface area contributed by atoms with Gasteiger partial charge in [0.15, 0.2) is 6.61 Å². The molecule has 0 bridgehead atoms. The van der Waals surface area contributed by atoms with E-state index in [0.29, 0.717) is 12.3 Å². The predicted molar refractivity (Wildman–Crippen MR) is 90.4 cm³/mol. The molecule has 0 aliphatic carbocycles. The highest BCUT2D eigenvalue weighted by molar-refractivity contribution is 5.84. The number of aliphatic hydroxyl groups is 1. The number of fused-ring (bicyclic) bond motifs is 1. The van der Waals surface area contributed by atoms with Crippen LogP contribution in [0.5, 0.6) is 5.75 Å². The maximum atomic E-state index is 12.4. The molecule has 2 atom stereocenters. The van der Waals surface area contributed by atoms with Crippen LogP contribution < -0.4 is 4.74 Å². The van der Waals surface area contributed by atoms with Crippen LogP contribution in [0.3, 0.4) is 0 Å². The van der Waals surface area contributed by atoms with Crippen molar-refractivity contribution in [1.29, 1.82) is 0 Å². The Labute approximate surface area is 136 Å². The van der Waals surface area contributed by atoms with E-state index in [0.717, 1.165) is 23.6 Å². The Hall–Kier alpha value is -2.07. The van der Waals surface area contributed by atoms with Crippen molar-refractivity contribution in [3.8, 4) is 5.75 Å². The van der Waals surface area contributed by atoms with Gasteiger partial charge in [0.05, 0.1) is 0 Å². The minimum Gasteiger partial charge on any atom is -0.484 e. The summed E-state index contributed by atoms with van der Waals surface area (Å²) in [5, 5.41) is 11.6. The smallest absolute Gasteiger partial charge is 0.260 e. The summed E-state index contributed by atoms with van der Waals surface area (Å²) in [6.07, 6.45) is 1.92. The Morgan fingerprint density at radius 2 is 2.00 bits per heavy atom. The van der Waals surface area contributed by atoms with Crippen LogP contribution in [0.15, 0.2) is 42.5 Å². The second-order valence-corrected chi connectivity index (χ2v) is 6.32. The number of likely N-dealkylation sites (tertiary alicyclic amines) is 1. The van der Waals surface area contributed by atoms with E-state index in [2.05, 4.69) is 13.0 Å². The van der Waals surface area contributed by atoms with Crippen LogP contribution >= 0.6 is 0 Å². The number of aliphatic hydroxyl groups excluding tert-OH is 1.